The molecule has 0 aromatic heterocycles. The molecular formula is C14H20ClN3O. The molecule has 1 unspecified atom stereocenters. The minimum absolute atomic E-state index is 0.00878. The fourth-order valence-corrected chi connectivity index (χ4v) is 2.51. The molecule has 2 rings (SSSR count). The lowest BCUT2D eigenvalue weighted by molar-refractivity contribution is 0.0828. The largest absolute Gasteiger partial charge is 0.380 e. The van der Waals surface area contributed by atoms with Gasteiger partial charge in [0.1, 0.15) is 0 Å². The van der Waals surface area contributed by atoms with E-state index in [9.17, 15) is 4.79 Å². The monoisotopic (exact) mass is 281 g/mol. The Balaban J connectivity index is 2.22. The number of likely N-dealkylation sites (N-methyl/N-ethyl adjacent to an activating group) is 1. The Morgan fingerprint density at radius 1 is 1.47 bits per heavy atom. The molecule has 1 amide bonds. The van der Waals surface area contributed by atoms with Gasteiger partial charge in [0.15, 0.2) is 0 Å². The molecule has 0 radical (unpaired) electrons. The summed E-state index contributed by atoms with van der Waals surface area (Å²) in [6.07, 6.45) is 1.08. The Morgan fingerprint density at radius 3 is 2.79 bits per heavy atom. The van der Waals surface area contributed by atoms with E-state index in [2.05, 4.69) is 17.3 Å². The Kier molecular flexibility index (Phi) is 4.32. The predicted octanol–water partition coefficient (Wildman–Crippen LogP) is 2.16. The van der Waals surface area contributed by atoms with Gasteiger partial charge in [-0.15, -0.1) is 0 Å². The van der Waals surface area contributed by atoms with Crippen LogP contribution in [0.15, 0.2) is 18.2 Å². The zero-order valence-corrected chi connectivity index (χ0v) is 12.4. The highest BCUT2D eigenvalue weighted by atomic mass is 35.5. The molecule has 1 aromatic carbocycles. The van der Waals surface area contributed by atoms with Crippen molar-refractivity contribution in [2.75, 3.05) is 39.5 Å². The summed E-state index contributed by atoms with van der Waals surface area (Å²) in [5, 5.41) is 4.09. The maximum Gasteiger partial charge on any atom is 0.255 e. The van der Waals surface area contributed by atoms with Gasteiger partial charge in [0.05, 0.1) is 5.56 Å². The van der Waals surface area contributed by atoms with E-state index < -0.39 is 0 Å². The molecule has 1 N–H and O–H groups in total. The molecule has 0 aliphatic carbocycles. The number of likely N-dealkylation sites (tertiary alicyclic amines) is 1. The predicted molar refractivity (Wildman–Crippen MR) is 79.0 cm³/mol. The lowest BCUT2D eigenvalue weighted by atomic mass is 10.1. The second-order valence-corrected chi connectivity index (χ2v) is 5.72. The van der Waals surface area contributed by atoms with Crippen molar-refractivity contribution in [3.05, 3.63) is 28.8 Å². The van der Waals surface area contributed by atoms with E-state index in [1.807, 2.05) is 6.07 Å². The highest BCUT2D eigenvalue weighted by Gasteiger charge is 2.21. The molecule has 1 aliphatic rings. The summed E-state index contributed by atoms with van der Waals surface area (Å²) in [5.41, 5.74) is 1.50. The molecule has 1 atom stereocenters. The Hall–Kier alpha value is -1.26. The van der Waals surface area contributed by atoms with Crippen LogP contribution >= 0.6 is 11.6 Å². The average Bonchev–Trinajstić information content (AvgIpc) is 2.74. The van der Waals surface area contributed by atoms with Crippen molar-refractivity contribution < 1.29 is 4.79 Å². The minimum atomic E-state index is -0.00878. The second-order valence-electron chi connectivity index (χ2n) is 5.28. The normalized spacial score (nSPS) is 19.5. The van der Waals surface area contributed by atoms with Crippen LogP contribution < -0.4 is 5.32 Å². The van der Waals surface area contributed by atoms with Gasteiger partial charge < -0.3 is 15.1 Å². The molecular weight excluding hydrogens is 262 g/mol. The number of rotatable bonds is 3. The minimum Gasteiger partial charge on any atom is -0.380 e. The van der Waals surface area contributed by atoms with Crippen molar-refractivity contribution in [3.8, 4) is 0 Å². The summed E-state index contributed by atoms with van der Waals surface area (Å²) < 4.78 is 0. The third-order valence-corrected chi connectivity index (χ3v) is 3.60. The molecule has 0 bridgehead atoms. The highest BCUT2D eigenvalue weighted by molar-refractivity contribution is 6.31. The van der Waals surface area contributed by atoms with Crippen LogP contribution in [0, 0.1) is 0 Å². The van der Waals surface area contributed by atoms with Gasteiger partial charge in [-0.2, -0.15) is 0 Å². The molecule has 1 saturated heterocycles. The van der Waals surface area contributed by atoms with E-state index in [0.717, 1.165) is 25.2 Å². The molecule has 0 saturated carbocycles. The number of hydrogen-bond acceptors (Lipinski definition) is 3. The van der Waals surface area contributed by atoms with E-state index in [0.29, 0.717) is 16.6 Å². The first-order valence-electron chi connectivity index (χ1n) is 6.43. The van der Waals surface area contributed by atoms with E-state index >= 15 is 0 Å². The van der Waals surface area contributed by atoms with E-state index in [-0.39, 0.29) is 5.91 Å². The van der Waals surface area contributed by atoms with Crippen LogP contribution in [-0.4, -0.2) is 56.0 Å². The zero-order chi connectivity index (χ0) is 14.0. The average molecular weight is 282 g/mol. The van der Waals surface area contributed by atoms with E-state index in [4.69, 9.17) is 11.6 Å². The van der Waals surface area contributed by atoms with Crippen molar-refractivity contribution in [2.24, 2.45) is 0 Å². The topological polar surface area (TPSA) is 35.6 Å². The maximum atomic E-state index is 12.1. The first kappa shape index (κ1) is 14.2. The smallest absolute Gasteiger partial charge is 0.255 e. The lowest BCUT2D eigenvalue weighted by Gasteiger charge is -2.19. The van der Waals surface area contributed by atoms with Crippen LogP contribution in [0.1, 0.15) is 16.8 Å². The van der Waals surface area contributed by atoms with Crippen LogP contribution in [-0.2, 0) is 0 Å². The van der Waals surface area contributed by atoms with Gasteiger partial charge >= 0.3 is 0 Å². The van der Waals surface area contributed by atoms with E-state index in [1.54, 1.807) is 31.1 Å². The number of nitrogens with zero attached hydrogens (tertiary/aromatic N) is 2. The molecule has 1 aliphatic heterocycles. The van der Waals surface area contributed by atoms with E-state index in [1.165, 1.54) is 0 Å². The van der Waals surface area contributed by atoms with Crippen LogP contribution in [0.3, 0.4) is 0 Å². The van der Waals surface area contributed by atoms with Crippen molar-refractivity contribution in [3.63, 3.8) is 0 Å². The summed E-state index contributed by atoms with van der Waals surface area (Å²) in [6, 6.07) is 5.74. The number of hydrogen-bond donors (Lipinski definition) is 1. The van der Waals surface area contributed by atoms with Gasteiger partial charge in [-0.25, -0.2) is 0 Å². The summed E-state index contributed by atoms with van der Waals surface area (Å²) in [4.78, 5) is 16.0. The van der Waals surface area contributed by atoms with Crippen LogP contribution in [0.4, 0.5) is 5.69 Å². The second kappa shape index (κ2) is 5.80. The molecule has 4 nitrogen and oxygen atoms in total. The van der Waals surface area contributed by atoms with Crippen molar-refractivity contribution in [1.82, 2.24) is 9.80 Å². The van der Waals surface area contributed by atoms with Gasteiger partial charge in [-0.05, 0) is 38.2 Å². The number of amides is 1. The summed E-state index contributed by atoms with van der Waals surface area (Å²) in [6.45, 7) is 2.07. The molecule has 1 fully saturated rings. The van der Waals surface area contributed by atoms with Crippen molar-refractivity contribution in [1.29, 1.82) is 0 Å². The highest BCUT2D eigenvalue weighted by Crippen LogP contribution is 2.24. The molecule has 104 valence electrons. The van der Waals surface area contributed by atoms with Crippen molar-refractivity contribution >= 4 is 23.2 Å². The van der Waals surface area contributed by atoms with Gasteiger partial charge in [0.25, 0.3) is 5.91 Å². The van der Waals surface area contributed by atoms with Gasteiger partial charge in [-0.3, -0.25) is 4.79 Å². The first-order chi connectivity index (χ1) is 8.97. The van der Waals surface area contributed by atoms with Crippen LogP contribution in [0.5, 0.6) is 0 Å². The van der Waals surface area contributed by atoms with Crippen LogP contribution in [0.2, 0.25) is 5.02 Å². The van der Waals surface area contributed by atoms with Gasteiger partial charge in [0, 0.05) is 37.4 Å². The Labute approximate surface area is 119 Å². The number of carbonyl (C=O) groups is 1. The lowest BCUT2D eigenvalue weighted by Crippen LogP contribution is -2.27. The third-order valence-electron chi connectivity index (χ3n) is 3.37. The number of carbonyl (C=O) groups excluding carboxylic acids is 1. The molecule has 5 heteroatoms. The quantitative estimate of drug-likeness (QED) is 0.922. The maximum absolute atomic E-state index is 12.1. The number of nitrogens with one attached hydrogen (secondary N) is 1. The number of halogens is 1. The molecule has 0 spiro atoms. The van der Waals surface area contributed by atoms with Gasteiger partial charge in [-0.1, -0.05) is 11.6 Å². The molecule has 19 heavy (non-hydrogen) atoms. The standard InChI is InChI=1S/C14H20ClN3O/c1-17(2)14(19)12-5-4-10(15)8-13(12)16-11-6-7-18(3)9-11/h4-5,8,11,16H,6-7,9H2,1-3H3. The first-order valence-corrected chi connectivity index (χ1v) is 6.81. The Morgan fingerprint density at radius 2 is 2.21 bits per heavy atom. The summed E-state index contributed by atoms with van der Waals surface area (Å²) in [7, 11) is 5.61. The van der Waals surface area contributed by atoms with Gasteiger partial charge in [0.2, 0.25) is 0 Å². The molecule has 1 aromatic rings. The number of anilines is 1. The fourth-order valence-electron chi connectivity index (χ4n) is 2.34. The Bertz CT molecular complexity index is 476. The summed E-state index contributed by atoms with van der Waals surface area (Å²) in [5.74, 6) is -0.00878. The van der Waals surface area contributed by atoms with Crippen LogP contribution in [0.25, 0.3) is 0 Å². The fraction of sp³-hybridized carbons (Fsp3) is 0.500. The summed E-state index contributed by atoms with van der Waals surface area (Å²) >= 11 is 6.04. The SMILES string of the molecule is CN1CCC(Nc2cc(Cl)ccc2C(=O)N(C)C)C1. The third kappa shape index (κ3) is 3.39. The molecule has 1 heterocycles. The zero-order valence-electron chi connectivity index (χ0n) is 11.6. The van der Waals surface area contributed by atoms with Crippen molar-refractivity contribution in [2.45, 2.75) is 12.5 Å². The number of benzene rings is 1.